The van der Waals surface area contributed by atoms with Crippen molar-refractivity contribution >= 4 is 52.2 Å². The van der Waals surface area contributed by atoms with Crippen molar-refractivity contribution in [2.24, 2.45) is 11.8 Å². The lowest BCUT2D eigenvalue weighted by atomic mass is 9.96. The monoisotopic (exact) mass is 726 g/mol. The minimum Gasteiger partial charge on any atom is -0.459 e. The minimum atomic E-state index is -0.630. The number of rotatable bonds is 8. The molecule has 4 atom stereocenters. The zero-order valence-corrected chi connectivity index (χ0v) is 30.2. The molecule has 4 aromatic heterocycles. The number of fused-ring (bicyclic) bond motifs is 2. The molecule has 1 amide bonds. The fourth-order valence-corrected chi connectivity index (χ4v) is 7.77. The lowest BCUT2D eigenvalue weighted by Gasteiger charge is -2.29. The van der Waals surface area contributed by atoms with Gasteiger partial charge in [-0.05, 0) is 71.3 Å². The molecular weight excluding hydrogens is 687 g/mol. The first-order valence-corrected chi connectivity index (χ1v) is 17.6. The normalized spacial score (nSPS) is 23.4. The summed E-state index contributed by atoms with van der Waals surface area (Å²) in [5, 5.41) is 12.8. The van der Waals surface area contributed by atoms with Crippen molar-refractivity contribution in [3.63, 3.8) is 0 Å². The maximum absolute atomic E-state index is 12.8. The van der Waals surface area contributed by atoms with Crippen LogP contribution in [0.3, 0.4) is 0 Å². The summed E-state index contributed by atoms with van der Waals surface area (Å²) in [6.45, 7) is 10.8. The number of piperidine rings is 1. The van der Waals surface area contributed by atoms with Gasteiger partial charge in [0.1, 0.15) is 40.0 Å². The molecule has 6 heterocycles. The SMILES string of the molecule is CC(=O)OCc1nc2c(-c3ccnc(Cl)c3Cl)nn(C3CCCCO3)c2nc1N1CCC2C(C1)C2(CNC(=O)OC(C)(C)C)c1cc(C)on1. The van der Waals surface area contributed by atoms with E-state index in [1.165, 1.54) is 6.92 Å². The Morgan fingerprint density at radius 1 is 1.16 bits per heavy atom. The van der Waals surface area contributed by atoms with Gasteiger partial charge < -0.3 is 29.0 Å². The molecule has 0 aromatic carbocycles. The van der Waals surface area contributed by atoms with Gasteiger partial charge in [0.25, 0.3) is 0 Å². The van der Waals surface area contributed by atoms with E-state index in [2.05, 4.69) is 20.4 Å². The number of nitrogens with one attached hydrogen (secondary N) is 1. The van der Waals surface area contributed by atoms with Gasteiger partial charge in [-0.25, -0.2) is 24.4 Å². The zero-order valence-electron chi connectivity index (χ0n) is 28.7. The molecule has 7 rings (SSSR count). The highest BCUT2D eigenvalue weighted by atomic mass is 35.5. The Morgan fingerprint density at radius 3 is 2.68 bits per heavy atom. The Labute approximate surface area is 299 Å². The number of hydrogen-bond donors (Lipinski definition) is 1. The number of ether oxygens (including phenoxy) is 3. The highest BCUT2D eigenvalue weighted by molar-refractivity contribution is 6.43. The summed E-state index contributed by atoms with van der Waals surface area (Å²) in [6, 6.07) is 3.68. The van der Waals surface area contributed by atoms with Crippen LogP contribution in [0, 0.1) is 18.8 Å². The average molecular weight is 728 g/mol. The third-order valence-corrected chi connectivity index (χ3v) is 10.4. The van der Waals surface area contributed by atoms with Gasteiger partial charge in [0.15, 0.2) is 17.7 Å². The third kappa shape index (κ3) is 6.48. The summed E-state index contributed by atoms with van der Waals surface area (Å²) < 4.78 is 24.5. The second-order valence-corrected chi connectivity index (χ2v) is 14.9. The van der Waals surface area contributed by atoms with E-state index in [0.29, 0.717) is 65.9 Å². The molecule has 16 heteroatoms. The van der Waals surface area contributed by atoms with Crippen molar-refractivity contribution in [3.05, 3.63) is 45.7 Å². The summed E-state index contributed by atoms with van der Waals surface area (Å²) in [7, 11) is 0. The van der Waals surface area contributed by atoms with Crippen molar-refractivity contribution in [3.8, 4) is 11.3 Å². The van der Waals surface area contributed by atoms with E-state index in [1.807, 2.05) is 33.8 Å². The van der Waals surface area contributed by atoms with Gasteiger partial charge in [-0.3, -0.25) is 4.79 Å². The van der Waals surface area contributed by atoms with Crippen LogP contribution in [-0.4, -0.2) is 73.8 Å². The molecule has 2 saturated heterocycles. The molecule has 4 aromatic rings. The number of pyridine rings is 1. The Balaban J connectivity index is 1.28. The van der Waals surface area contributed by atoms with E-state index in [1.54, 1.807) is 16.9 Å². The summed E-state index contributed by atoms with van der Waals surface area (Å²) in [4.78, 5) is 41.4. The summed E-state index contributed by atoms with van der Waals surface area (Å²) in [5.74, 6) is 1.18. The molecule has 4 unspecified atom stereocenters. The number of aryl methyl sites for hydroxylation is 1. The van der Waals surface area contributed by atoms with Crippen molar-refractivity contribution in [2.45, 2.75) is 84.2 Å². The number of alkyl carbamates (subject to hydrolysis) is 1. The Morgan fingerprint density at radius 2 is 1.98 bits per heavy atom. The first-order valence-electron chi connectivity index (χ1n) is 16.9. The molecule has 3 aliphatic rings. The van der Waals surface area contributed by atoms with Crippen molar-refractivity contribution in [2.75, 3.05) is 31.1 Å². The van der Waals surface area contributed by atoms with Crippen LogP contribution in [0.5, 0.6) is 0 Å². The van der Waals surface area contributed by atoms with Gasteiger partial charge in [0.05, 0.1) is 10.7 Å². The number of carbonyl (C=O) groups excluding carboxylic acids is 2. The Bertz CT molecular complexity index is 1940. The van der Waals surface area contributed by atoms with Gasteiger partial charge in [0, 0.05) is 56.4 Å². The molecule has 3 fully saturated rings. The Hall–Kier alpha value is -4.01. The number of anilines is 1. The number of nitrogens with zero attached hydrogens (tertiary/aromatic N) is 7. The van der Waals surface area contributed by atoms with Gasteiger partial charge in [-0.2, -0.15) is 5.10 Å². The van der Waals surface area contributed by atoms with Crippen LogP contribution in [0.1, 0.15) is 76.8 Å². The largest absolute Gasteiger partial charge is 0.459 e. The van der Waals surface area contributed by atoms with Crippen LogP contribution in [0.25, 0.3) is 22.4 Å². The van der Waals surface area contributed by atoms with E-state index in [9.17, 15) is 9.59 Å². The number of esters is 1. The Kier molecular flexibility index (Phi) is 9.14. The van der Waals surface area contributed by atoms with E-state index in [4.69, 9.17) is 57.0 Å². The number of amides is 1. The lowest BCUT2D eigenvalue weighted by molar-refractivity contribution is -0.142. The van der Waals surface area contributed by atoms with Crippen LogP contribution in [0.2, 0.25) is 10.2 Å². The molecule has 0 spiro atoms. The molecular formula is C34H40Cl2N8O6. The van der Waals surface area contributed by atoms with Gasteiger partial charge in [-0.15, -0.1) is 0 Å². The quantitative estimate of drug-likeness (QED) is 0.163. The fourth-order valence-electron chi connectivity index (χ4n) is 7.41. The summed E-state index contributed by atoms with van der Waals surface area (Å²) >= 11 is 13.0. The van der Waals surface area contributed by atoms with Crippen LogP contribution in [-0.2, 0) is 31.0 Å². The molecule has 14 nitrogen and oxygen atoms in total. The zero-order chi connectivity index (χ0) is 35.4. The van der Waals surface area contributed by atoms with E-state index >= 15 is 0 Å². The van der Waals surface area contributed by atoms with Crippen LogP contribution in [0.15, 0.2) is 22.9 Å². The molecule has 266 valence electrons. The average Bonchev–Trinajstić information content (AvgIpc) is 3.29. The van der Waals surface area contributed by atoms with E-state index in [-0.39, 0.29) is 34.8 Å². The molecule has 1 aliphatic carbocycles. The fraction of sp³-hybridized carbons (Fsp3) is 0.559. The molecule has 0 bridgehead atoms. The predicted molar refractivity (Wildman–Crippen MR) is 184 cm³/mol. The highest BCUT2D eigenvalue weighted by Gasteiger charge is 2.68. The van der Waals surface area contributed by atoms with Gasteiger partial charge in [-0.1, -0.05) is 28.4 Å². The minimum absolute atomic E-state index is 0.0958. The third-order valence-electron chi connectivity index (χ3n) is 9.68. The molecule has 1 saturated carbocycles. The maximum Gasteiger partial charge on any atom is 0.407 e. The first kappa shape index (κ1) is 34.4. The lowest BCUT2D eigenvalue weighted by Crippen LogP contribution is -2.38. The molecule has 0 radical (unpaired) electrons. The second kappa shape index (κ2) is 13.3. The first-order chi connectivity index (χ1) is 23.9. The maximum atomic E-state index is 12.8. The number of hydrogen-bond acceptors (Lipinski definition) is 12. The number of halogens is 2. The predicted octanol–water partition coefficient (Wildman–Crippen LogP) is 6.17. The number of aromatic nitrogens is 6. The van der Waals surface area contributed by atoms with Crippen molar-refractivity contribution < 1.29 is 28.3 Å². The summed E-state index contributed by atoms with van der Waals surface area (Å²) in [5.41, 5.74) is 2.20. The molecule has 50 heavy (non-hydrogen) atoms. The van der Waals surface area contributed by atoms with E-state index in [0.717, 1.165) is 31.4 Å². The molecule has 1 N–H and O–H groups in total. The van der Waals surface area contributed by atoms with Crippen molar-refractivity contribution in [1.82, 2.24) is 35.2 Å². The van der Waals surface area contributed by atoms with Crippen molar-refractivity contribution in [1.29, 1.82) is 0 Å². The molecule has 2 aliphatic heterocycles. The number of carbonyl (C=O) groups is 2. The van der Waals surface area contributed by atoms with Crippen LogP contribution < -0.4 is 10.2 Å². The topological polar surface area (TPSA) is 160 Å². The van der Waals surface area contributed by atoms with Gasteiger partial charge in [0.2, 0.25) is 0 Å². The van der Waals surface area contributed by atoms with E-state index < -0.39 is 23.1 Å². The highest BCUT2D eigenvalue weighted by Crippen LogP contribution is 2.63. The van der Waals surface area contributed by atoms with Gasteiger partial charge >= 0.3 is 12.1 Å². The second-order valence-electron chi connectivity index (χ2n) is 14.2. The van der Waals surface area contributed by atoms with Crippen LogP contribution in [0.4, 0.5) is 10.6 Å². The standard InChI is InChI=1S/C34H40Cl2N8O6/c1-18-14-24(42-50-18)34(17-38-32(46)49-33(3,4)5)21-10-12-43(15-22(21)34)30-23(16-48-19(2)45)39-28-27(20-9-11-37-29(36)26(20)35)41-44(31(28)40-30)25-8-6-7-13-47-25/h9,11,14,21-22,25H,6-8,10,12-13,15-17H2,1-5H3,(H,38,46). The van der Waals surface area contributed by atoms with Crippen LogP contribution >= 0.6 is 23.2 Å². The smallest absolute Gasteiger partial charge is 0.407 e. The summed E-state index contributed by atoms with van der Waals surface area (Å²) in [6.07, 6.45) is 4.21.